The molecule has 0 fully saturated rings. The lowest BCUT2D eigenvalue weighted by Gasteiger charge is -2.06. The smallest absolute Gasteiger partial charge is 0.148 e. The number of halogens is 3. The lowest BCUT2D eigenvalue weighted by Crippen LogP contribution is -1.92. The van der Waals surface area contributed by atoms with Crippen LogP contribution in [0.1, 0.15) is 5.69 Å². The minimum atomic E-state index is -0.502. The minimum Gasteiger partial charge on any atom is -0.364 e. The maximum absolute atomic E-state index is 13.5. The Morgan fingerprint density at radius 1 is 1.24 bits per heavy atom. The summed E-state index contributed by atoms with van der Waals surface area (Å²) in [5.41, 5.74) is 1.13. The van der Waals surface area contributed by atoms with Crippen molar-refractivity contribution in [1.29, 1.82) is 0 Å². The van der Waals surface area contributed by atoms with Gasteiger partial charge < -0.3 is 9.71 Å². The Hall–Kier alpha value is -1.01. The molecule has 2 nitrogen and oxygen atoms in total. The van der Waals surface area contributed by atoms with E-state index in [4.69, 9.17) is 0 Å². The molecular weight excluding hydrogens is 310 g/mol. The number of aryl methyl sites for hydroxylation is 1. The van der Waals surface area contributed by atoms with Crippen molar-refractivity contribution in [3.63, 3.8) is 0 Å². The zero-order chi connectivity index (χ0) is 12.4. The molecule has 1 aromatic heterocycles. The molecule has 0 radical (unpaired) electrons. The van der Waals surface area contributed by atoms with E-state index in [1.165, 1.54) is 11.9 Å². The SMILES string of the molecule is Cc1cc(SNc2cc(F)c(Br)cc2F)c[nH]1. The number of H-pyrrole nitrogens is 1. The highest BCUT2D eigenvalue weighted by atomic mass is 79.9. The number of aromatic amines is 1. The second kappa shape index (κ2) is 5.10. The number of hydrogen-bond acceptors (Lipinski definition) is 2. The maximum atomic E-state index is 13.5. The van der Waals surface area contributed by atoms with Crippen LogP contribution in [-0.2, 0) is 0 Å². The van der Waals surface area contributed by atoms with Gasteiger partial charge in [-0.05, 0) is 46.9 Å². The van der Waals surface area contributed by atoms with E-state index in [0.717, 1.165) is 22.7 Å². The third kappa shape index (κ3) is 3.01. The number of anilines is 1. The summed E-state index contributed by atoms with van der Waals surface area (Å²) in [4.78, 5) is 3.91. The first-order valence-corrected chi connectivity index (χ1v) is 6.39. The predicted octanol–water partition coefficient (Wildman–Crippen LogP) is 4.48. The van der Waals surface area contributed by atoms with E-state index in [1.54, 1.807) is 6.20 Å². The number of hydrogen-bond donors (Lipinski definition) is 2. The molecule has 90 valence electrons. The Kier molecular flexibility index (Phi) is 3.73. The second-order valence-electron chi connectivity index (χ2n) is 3.47. The molecule has 0 amide bonds. The summed E-state index contributed by atoms with van der Waals surface area (Å²) in [6.07, 6.45) is 1.79. The summed E-state index contributed by atoms with van der Waals surface area (Å²) >= 11 is 4.14. The van der Waals surface area contributed by atoms with Crippen LogP contribution in [0.25, 0.3) is 0 Å². The van der Waals surface area contributed by atoms with Crippen LogP contribution < -0.4 is 4.72 Å². The average molecular weight is 319 g/mol. The monoisotopic (exact) mass is 318 g/mol. The third-order valence-corrected chi connectivity index (χ3v) is 3.49. The standard InChI is InChI=1S/C11H9BrF2N2S/c1-6-2-7(5-15-6)17-16-11-4-9(13)8(12)3-10(11)14/h2-5,15-16H,1H3. The number of aromatic nitrogens is 1. The van der Waals surface area contributed by atoms with Gasteiger partial charge in [-0.15, -0.1) is 0 Å². The zero-order valence-electron chi connectivity index (χ0n) is 8.85. The minimum absolute atomic E-state index is 0.114. The molecule has 1 aromatic carbocycles. The fraction of sp³-hybridized carbons (Fsp3) is 0.0909. The van der Waals surface area contributed by atoms with Crippen LogP contribution in [0.15, 0.2) is 33.8 Å². The fourth-order valence-electron chi connectivity index (χ4n) is 1.26. The van der Waals surface area contributed by atoms with Crippen LogP contribution in [-0.4, -0.2) is 4.98 Å². The highest BCUT2D eigenvalue weighted by Gasteiger charge is 2.08. The second-order valence-corrected chi connectivity index (χ2v) is 5.20. The molecule has 0 aliphatic rings. The molecule has 6 heteroatoms. The van der Waals surface area contributed by atoms with Gasteiger partial charge in [-0.1, -0.05) is 0 Å². The molecule has 0 atom stereocenters. The first-order chi connectivity index (χ1) is 8.06. The van der Waals surface area contributed by atoms with E-state index in [2.05, 4.69) is 25.6 Å². The van der Waals surface area contributed by atoms with E-state index < -0.39 is 11.6 Å². The Bertz CT molecular complexity index is 542. The van der Waals surface area contributed by atoms with Crippen molar-refractivity contribution in [2.24, 2.45) is 0 Å². The van der Waals surface area contributed by atoms with E-state index in [0.29, 0.717) is 0 Å². The predicted molar refractivity (Wildman–Crippen MR) is 69.1 cm³/mol. The van der Waals surface area contributed by atoms with Crippen molar-refractivity contribution >= 4 is 33.6 Å². The van der Waals surface area contributed by atoms with Gasteiger partial charge in [0.1, 0.15) is 11.6 Å². The largest absolute Gasteiger partial charge is 0.364 e. The van der Waals surface area contributed by atoms with E-state index in [1.807, 2.05) is 13.0 Å². The lowest BCUT2D eigenvalue weighted by molar-refractivity contribution is 0.598. The third-order valence-electron chi connectivity index (χ3n) is 2.09. The van der Waals surface area contributed by atoms with Crippen molar-refractivity contribution in [1.82, 2.24) is 4.98 Å². The molecule has 2 aromatic rings. The highest BCUT2D eigenvalue weighted by Crippen LogP contribution is 2.27. The van der Waals surface area contributed by atoms with Crippen molar-refractivity contribution < 1.29 is 8.78 Å². The lowest BCUT2D eigenvalue weighted by atomic mass is 10.3. The molecule has 0 bridgehead atoms. The molecule has 17 heavy (non-hydrogen) atoms. The highest BCUT2D eigenvalue weighted by molar-refractivity contribution is 9.10. The molecule has 0 spiro atoms. The van der Waals surface area contributed by atoms with Crippen molar-refractivity contribution in [2.45, 2.75) is 11.8 Å². The zero-order valence-corrected chi connectivity index (χ0v) is 11.3. The van der Waals surface area contributed by atoms with Gasteiger partial charge in [0.05, 0.1) is 10.2 Å². The summed E-state index contributed by atoms with van der Waals surface area (Å²) in [7, 11) is 0. The molecule has 2 N–H and O–H groups in total. The topological polar surface area (TPSA) is 27.8 Å². The van der Waals surface area contributed by atoms with Gasteiger partial charge in [0, 0.05) is 22.9 Å². The Morgan fingerprint density at radius 3 is 2.65 bits per heavy atom. The summed E-state index contributed by atoms with van der Waals surface area (Å²) < 4.78 is 29.6. The molecule has 1 heterocycles. The van der Waals surface area contributed by atoms with Crippen LogP contribution in [0.4, 0.5) is 14.5 Å². The Labute approximate surface area is 110 Å². The van der Waals surface area contributed by atoms with Crippen molar-refractivity contribution in [3.8, 4) is 0 Å². The first kappa shape index (κ1) is 12.4. The maximum Gasteiger partial charge on any atom is 0.148 e. The Balaban J connectivity index is 2.11. The molecule has 0 aliphatic heterocycles. The number of benzene rings is 1. The Morgan fingerprint density at radius 2 is 2.00 bits per heavy atom. The van der Waals surface area contributed by atoms with Gasteiger partial charge in [-0.2, -0.15) is 0 Å². The number of rotatable bonds is 3. The first-order valence-electron chi connectivity index (χ1n) is 4.78. The van der Waals surface area contributed by atoms with Crippen molar-refractivity contribution in [2.75, 3.05) is 4.72 Å². The molecule has 2 rings (SSSR count). The van der Waals surface area contributed by atoms with Gasteiger partial charge in [-0.3, -0.25) is 0 Å². The average Bonchev–Trinajstić information content (AvgIpc) is 2.68. The van der Waals surface area contributed by atoms with Gasteiger partial charge in [0.2, 0.25) is 0 Å². The van der Waals surface area contributed by atoms with Crippen LogP contribution in [0.2, 0.25) is 0 Å². The van der Waals surface area contributed by atoms with Crippen LogP contribution >= 0.6 is 27.9 Å². The van der Waals surface area contributed by atoms with Crippen LogP contribution in [0.3, 0.4) is 0 Å². The van der Waals surface area contributed by atoms with E-state index in [9.17, 15) is 8.78 Å². The summed E-state index contributed by atoms with van der Waals surface area (Å²) in [5, 5.41) is 0. The summed E-state index contributed by atoms with van der Waals surface area (Å²) in [6.45, 7) is 1.92. The molecule has 0 aliphatic carbocycles. The fourth-order valence-corrected chi connectivity index (χ4v) is 2.31. The van der Waals surface area contributed by atoms with Gasteiger partial charge >= 0.3 is 0 Å². The van der Waals surface area contributed by atoms with Gasteiger partial charge in [0.15, 0.2) is 0 Å². The van der Waals surface area contributed by atoms with Gasteiger partial charge in [0.25, 0.3) is 0 Å². The van der Waals surface area contributed by atoms with Gasteiger partial charge in [-0.25, -0.2) is 8.78 Å². The molecule has 0 saturated heterocycles. The summed E-state index contributed by atoms with van der Waals surface area (Å²) in [5.74, 6) is -1.00. The normalized spacial score (nSPS) is 10.6. The van der Waals surface area contributed by atoms with Crippen LogP contribution in [0, 0.1) is 18.6 Å². The van der Waals surface area contributed by atoms with Crippen molar-refractivity contribution in [3.05, 3.63) is 46.2 Å². The van der Waals surface area contributed by atoms with Crippen LogP contribution in [0.5, 0.6) is 0 Å². The quantitative estimate of drug-likeness (QED) is 0.645. The molecular formula is C11H9BrF2N2S. The van der Waals surface area contributed by atoms with E-state index in [-0.39, 0.29) is 10.2 Å². The van der Waals surface area contributed by atoms with E-state index >= 15 is 0 Å². The molecule has 0 unspecified atom stereocenters. The molecule has 0 saturated carbocycles. The number of nitrogens with one attached hydrogen (secondary N) is 2. The summed E-state index contributed by atoms with van der Waals surface area (Å²) in [6, 6.07) is 4.12.